The number of halogens is 4. The molecule has 1 aliphatic rings. The molecule has 3 heterocycles. The Balaban J connectivity index is 1.51. The minimum Gasteiger partial charge on any atom is -0.349 e. The first kappa shape index (κ1) is 26.4. The van der Waals surface area contributed by atoms with E-state index < -0.39 is 17.8 Å². The van der Waals surface area contributed by atoms with Gasteiger partial charge < -0.3 is 10.6 Å². The van der Waals surface area contributed by atoms with Crippen molar-refractivity contribution in [3.63, 3.8) is 0 Å². The van der Waals surface area contributed by atoms with E-state index in [-0.39, 0.29) is 40.7 Å². The van der Waals surface area contributed by atoms with Gasteiger partial charge in [-0.05, 0) is 62.1 Å². The Morgan fingerprint density at radius 2 is 1.90 bits per heavy atom. The van der Waals surface area contributed by atoms with Crippen molar-refractivity contribution in [2.75, 3.05) is 5.32 Å². The Bertz CT molecular complexity index is 1580. The standard InChI is InChI=1S/C25H22ClF3N8O2/c1-13-8-14(2)21(17(9-13)23(38)32-15-5-6-15)33-24(39)19-10-16(12-36-31-11-20(35-36)25(27,28)29)34-37(19)22-18(26)4-3-7-30-22/h3-4,7-11,15H,5-6,12H2,1-2H3,(H,32,38)(H,33,39). The van der Waals surface area contributed by atoms with Gasteiger partial charge in [-0.3, -0.25) is 9.59 Å². The number of amides is 2. The highest BCUT2D eigenvalue weighted by Crippen LogP contribution is 2.28. The Hall–Kier alpha value is -4.26. The van der Waals surface area contributed by atoms with Crippen LogP contribution in [0.1, 0.15) is 56.2 Å². The summed E-state index contributed by atoms with van der Waals surface area (Å²) in [7, 11) is 0. The maximum absolute atomic E-state index is 13.6. The number of carbonyl (C=O) groups is 2. The minimum absolute atomic E-state index is 0.0117. The van der Waals surface area contributed by atoms with Crippen molar-refractivity contribution in [3.05, 3.63) is 81.5 Å². The zero-order chi connectivity index (χ0) is 27.9. The van der Waals surface area contributed by atoms with Gasteiger partial charge in [0.05, 0.1) is 28.2 Å². The molecular formula is C25H22ClF3N8O2. The number of hydrogen-bond acceptors (Lipinski definition) is 6. The highest BCUT2D eigenvalue weighted by atomic mass is 35.5. The van der Waals surface area contributed by atoms with Crippen molar-refractivity contribution in [1.29, 1.82) is 0 Å². The number of carbonyl (C=O) groups excluding carboxylic acids is 2. The Morgan fingerprint density at radius 3 is 2.56 bits per heavy atom. The molecule has 0 saturated heterocycles. The first-order valence-corrected chi connectivity index (χ1v) is 12.3. The molecule has 4 aromatic rings. The Kier molecular flexibility index (Phi) is 6.85. The molecule has 5 rings (SSSR count). The van der Waals surface area contributed by atoms with Gasteiger partial charge >= 0.3 is 6.18 Å². The summed E-state index contributed by atoms with van der Waals surface area (Å²) in [6.45, 7) is 3.37. The van der Waals surface area contributed by atoms with Crippen LogP contribution in [0, 0.1) is 13.8 Å². The highest BCUT2D eigenvalue weighted by molar-refractivity contribution is 6.32. The third kappa shape index (κ3) is 5.77. The number of pyridine rings is 1. The van der Waals surface area contributed by atoms with Crippen LogP contribution in [0.2, 0.25) is 5.02 Å². The molecule has 1 aliphatic carbocycles. The van der Waals surface area contributed by atoms with Crippen molar-refractivity contribution in [1.82, 2.24) is 35.1 Å². The Morgan fingerprint density at radius 1 is 1.13 bits per heavy atom. The lowest BCUT2D eigenvalue weighted by atomic mass is 10.0. The van der Waals surface area contributed by atoms with E-state index in [4.69, 9.17) is 11.6 Å². The molecule has 1 fully saturated rings. The molecule has 0 spiro atoms. The number of nitrogens with zero attached hydrogens (tertiary/aromatic N) is 6. The second kappa shape index (κ2) is 10.1. The smallest absolute Gasteiger partial charge is 0.349 e. The number of anilines is 1. The van der Waals surface area contributed by atoms with Gasteiger partial charge in [0.1, 0.15) is 12.2 Å². The SMILES string of the molecule is Cc1cc(C)c(NC(=O)c2cc(Cn3ncc(C(F)(F)F)n3)nn2-c2ncccc2Cl)c(C(=O)NC2CC2)c1. The highest BCUT2D eigenvalue weighted by Gasteiger charge is 2.34. The molecule has 2 N–H and O–H groups in total. The average Bonchev–Trinajstić information content (AvgIpc) is 3.37. The molecular weight excluding hydrogens is 537 g/mol. The van der Waals surface area contributed by atoms with Crippen LogP contribution in [0.4, 0.5) is 18.9 Å². The van der Waals surface area contributed by atoms with E-state index in [1.807, 2.05) is 13.0 Å². The minimum atomic E-state index is -4.65. The van der Waals surface area contributed by atoms with Gasteiger partial charge in [-0.25, -0.2) is 9.67 Å². The lowest BCUT2D eigenvalue weighted by Gasteiger charge is -2.16. The third-order valence-electron chi connectivity index (χ3n) is 5.94. The molecule has 0 bridgehead atoms. The van der Waals surface area contributed by atoms with E-state index in [2.05, 4.69) is 30.9 Å². The maximum atomic E-state index is 13.6. The summed E-state index contributed by atoms with van der Waals surface area (Å²) in [5.74, 6) is -0.800. The predicted molar refractivity (Wildman–Crippen MR) is 135 cm³/mol. The third-order valence-corrected chi connectivity index (χ3v) is 6.23. The molecule has 0 radical (unpaired) electrons. The fourth-order valence-electron chi connectivity index (χ4n) is 3.99. The van der Waals surface area contributed by atoms with Crippen LogP contribution in [0.5, 0.6) is 0 Å². The van der Waals surface area contributed by atoms with Gasteiger partial charge in [0.2, 0.25) is 0 Å². The van der Waals surface area contributed by atoms with Gasteiger partial charge in [-0.2, -0.15) is 28.2 Å². The lowest BCUT2D eigenvalue weighted by molar-refractivity contribution is -0.141. The van der Waals surface area contributed by atoms with Gasteiger partial charge in [0, 0.05) is 12.2 Å². The van der Waals surface area contributed by atoms with Crippen molar-refractivity contribution >= 4 is 29.1 Å². The van der Waals surface area contributed by atoms with Crippen LogP contribution in [-0.4, -0.2) is 47.6 Å². The van der Waals surface area contributed by atoms with E-state index in [0.717, 1.165) is 23.2 Å². The quantitative estimate of drug-likeness (QED) is 0.348. The molecule has 0 aliphatic heterocycles. The fourth-order valence-corrected chi connectivity index (χ4v) is 4.19. The summed E-state index contributed by atoms with van der Waals surface area (Å²) < 4.78 is 40.1. The number of rotatable bonds is 7. The zero-order valence-corrected chi connectivity index (χ0v) is 21.5. The number of aromatic nitrogens is 6. The number of benzene rings is 1. The fraction of sp³-hybridized carbons (Fsp3) is 0.280. The number of aryl methyl sites for hydroxylation is 2. The molecule has 1 aromatic carbocycles. The Labute approximate surface area is 225 Å². The predicted octanol–water partition coefficient (Wildman–Crippen LogP) is 4.34. The lowest BCUT2D eigenvalue weighted by Crippen LogP contribution is -2.28. The maximum Gasteiger partial charge on any atom is 0.436 e. The van der Waals surface area contributed by atoms with E-state index >= 15 is 0 Å². The molecule has 10 nitrogen and oxygen atoms in total. The van der Waals surface area contributed by atoms with Crippen molar-refractivity contribution in [3.8, 4) is 5.82 Å². The molecule has 2 amide bonds. The molecule has 0 unspecified atom stereocenters. The monoisotopic (exact) mass is 558 g/mol. The van der Waals surface area contributed by atoms with Crippen LogP contribution < -0.4 is 10.6 Å². The zero-order valence-electron chi connectivity index (χ0n) is 20.8. The summed E-state index contributed by atoms with van der Waals surface area (Å²) in [5, 5.41) is 17.4. The van der Waals surface area contributed by atoms with E-state index in [9.17, 15) is 22.8 Å². The summed E-state index contributed by atoms with van der Waals surface area (Å²) in [6.07, 6.45) is -0.783. The summed E-state index contributed by atoms with van der Waals surface area (Å²) in [4.78, 5) is 31.6. The van der Waals surface area contributed by atoms with Crippen LogP contribution in [-0.2, 0) is 12.7 Å². The van der Waals surface area contributed by atoms with Gasteiger partial charge in [-0.1, -0.05) is 17.7 Å². The molecule has 14 heteroatoms. The summed E-state index contributed by atoms with van der Waals surface area (Å²) in [6, 6.07) is 8.19. The molecule has 3 aromatic heterocycles. The van der Waals surface area contributed by atoms with Crippen molar-refractivity contribution < 1.29 is 22.8 Å². The second-order valence-electron chi connectivity index (χ2n) is 9.21. The second-order valence-corrected chi connectivity index (χ2v) is 9.61. The molecule has 39 heavy (non-hydrogen) atoms. The normalized spacial score (nSPS) is 13.4. The van der Waals surface area contributed by atoms with E-state index in [0.29, 0.717) is 23.0 Å². The molecule has 1 saturated carbocycles. The van der Waals surface area contributed by atoms with Crippen molar-refractivity contribution in [2.45, 2.75) is 45.5 Å². The van der Waals surface area contributed by atoms with Crippen LogP contribution in [0.3, 0.4) is 0 Å². The van der Waals surface area contributed by atoms with Crippen molar-refractivity contribution in [2.24, 2.45) is 0 Å². The summed E-state index contributed by atoms with van der Waals surface area (Å²) in [5.41, 5.74) is 1.18. The van der Waals surface area contributed by atoms with Crippen LogP contribution in [0.15, 0.2) is 42.7 Å². The first-order valence-electron chi connectivity index (χ1n) is 11.9. The number of nitrogens with one attached hydrogen (secondary N) is 2. The molecule has 0 atom stereocenters. The van der Waals surface area contributed by atoms with E-state index in [1.165, 1.54) is 16.9 Å². The van der Waals surface area contributed by atoms with Crippen LogP contribution in [0.25, 0.3) is 5.82 Å². The van der Waals surface area contributed by atoms with Gasteiger partial charge in [0.15, 0.2) is 11.5 Å². The van der Waals surface area contributed by atoms with Gasteiger partial charge in [-0.15, -0.1) is 5.10 Å². The largest absolute Gasteiger partial charge is 0.436 e. The topological polar surface area (TPSA) is 120 Å². The number of hydrogen-bond donors (Lipinski definition) is 2. The number of alkyl halides is 3. The van der Waals surface area contributed by atoms with Crippen LogP contribution >= 0.6 is 11.6 Å². The molecule has 202 valence electrons. The first-order chi connectivity index (χ1) is 18.5. The summed E-state index contributed by atoms with van der Waals surface area (Å²) >= 11 is 6.32. The van der Waals surface area contributed by atoms with E-state index in [1.54, 1.807) is 25.1 Å². The van der Waals surface area contributed by atoms with Gasteiger partial charge in [0.25, 0.3) is 11.8 Å². The average molecular weight is 559 g/mol.